The predicted octanol–water partition coefficient (Wildman–Crippen LogP) is 3.19. The standard InChI is InChI=1S/C14H13NO4/c1-10-11(3-2-4-14(10)15(17)18)9-19-13-7-5-12(16)6-8-13/h2-8,16H,9H2,1H3. The molecule has 0 saturated heterocycles. The SMILES string of the molecule is Cc1c(COc2ccc(O)cc2)cccc1[N+](=O)[O-]. The van der Waals surface area contributed by atoms with E-state index in [0.29, 0.717) is 11.3 Å². The van der Waals surface area contributed by atoms with Gasteiger partial charge >= 0.3 is 0 Å². The van der Waals surface area contributed by atoms with Crippen LogP contribution in [0.3, 0.4) is 0 Å². The Morgan fingerprint density at radius 2 is 1.89 bits per heavy atom. The highest BCUT2D eigenvalue weighted by Crippen LogP contribution is 2.23. The third-order valence-corrected chi connectivity index (χ3v) is 2.85. The number of hydrogen-bond acceptors (Lipinski definition) is 4. The highest BCUT2D eigenvalue weighted by Gasteiger charge is 2.13. The Labute approximate surface area is 110 Å². The number of benzene rings is 2. The summed E-state index contributed by atoms with van der Waals surface area (Å²) >= 11 is 0. The second-order valence-corrected chi connectivity index (χ2v) is 4.10. The topological polar surface area (TPSA) is 72.6 Å². The predicted molar refractivity (Wildman–Crippen MR) is 70.3 cm³/mol. The molecular weight excluding hydrogens is 246 g/mol. The van der Waals surface area contributed by atoms with Crippen molar-refractivity contribution in [1.29, 1.82) is 0 Å². The van der Waals surface area contributed by atoms with Crippen LogP contribution < -0.4 is 4.74 Å². The number of hydrogen-bond donors (Lipinski definition) is 1. The first kappa shape index (κ1) is 12.9. The van der Waals surface area contributed by atoms with Crippen LogP contribution in [0.2, 0.25) is 0 Å². The van der Waals surface area contributed by atoms with E-state index in [1.165, 1.54) is 18.2 Å². The van der Waals surface area contributed by atoms with Gasteiger partial charge in [-0.1, -0.05) is 12.1 Å². The minimum atomic E-state index is -0.403. The number of nitro benzene ring substituents is 1. The molecule has 0 heterocycles. The van der Waals surface area contributed by atoms with E-state index in [4.69, 9.17) is 9.84 Å². The highest BCUT2D eigenvalue weighted by atomic mass is 16.6. The van der Waals surface area contributed by atoms with Crippen LogP contribution in [0.5, 0.6) is 11.5 Å². The highest BCUT2D eigenvalue weighted by molar-refractivity contribution is 5.44. The third kappa shape index (κ3) is 3.01. The molecule has 2 aromatic rings. The fourth-order valence-corrected chi connectivity index (χ4v) is 1.73. The van der Waals surface area contributed by atoms with Gasteiger partial charge in [0.15, 0.2) is 0 Å². The average Bonchev–Trinajstić information content (AvgIpc) is 2.39. The Hall–Kier alpha value is -2.56. The smallest absolute Gasteiger partial charge is 0.272 e. The number of phenols is 1. The maximum atomic E-state index is 10.8. The van der Waals surface area contributed by atoms with Crippen LogP contribution in [-0.4, -0.2) is 10.0 Å². The van der Waals surface area contributed by atoms with Crippen LogP contribution in [0.1, 0.15) is 11.1 Å². The third-order valence-electron chi connectivity index (χ3n) is 2.85. The van der Waals surface area contributed by atoms with Gasteiger partial charge in [-0.2, -0.15) is 0 Å². The lowest BCUT2D eigenvalue weighted by molar-refractivity contribution is -0.385. The number of ether oxygens (including phenoxy) is 1. The molecule has 0 aliphatic rings. The molecule has 98 valence electrons. The maximum absolute atomic E-state index is 10.8. The monoisotopic (exact) mass is 259 g/mol. The Bertz CT molecular complexity index is 593. The minimum absolute atomic E-state index is 0.0896. The summed E-state index contributed by atoms with van der Waals surface area (Å²) in [7, 11) is 0. The van der Waals surface area contributed by atoms with E-state index in [9.17, 15) is 10.1 Å². The molecule has 0 aliphatic carbocycles. The van der Waals surface area contributed by atoms with Crippen LogP contribution in [0.4, 0.5) is 5.69 Å². The molecule has 19 heavy (non-hydrogen) atoms. The summed E-state index contributed by atoms with van der Waals surface area (Å²) in [5, 5.41) is 20.0. The van der Waals surface area contributed by atoms with Crippen LogP contribution in [-0.2, 0) is 6.61 Å². The first-order valence-corrected chi connectivity index (χ1v) is 5.72. The normalized spacial score (nSPS) is 10.2. The molecule has 5 nitrogen and oxygen atoms in total. The minimum Gasteiger partial charge on any atom is -0.508 e. The van der Waals surface area contributed by atoms with Gasteiger partial charge in [0.2, 0.25) is 0 Å². The van der Waals surface area contributed by atoms with Crippen LogP contribution in [0.15, 0.2) is 42.5 Å². The molecule has 0 saturated carbocycles. The van der Waals surface area contributed by atoms with Crippen LogP contribution in [0.25, 0.3) is 0 Å². The number of phenolic OH excluding ortho intramolecular Hbond substituents is 1. The molecule has 0 amide bonds. The van der Waals surface area contributed by atoms with Gasteiger partial charge < -0.3 is 9.84 Å². The van der Waals surface area contributed by atoms with Gasteiger partial charge in [-0.15, -0.1) is 0 Å². The zero-order chi connectivity index (χ0) is 13.8. The van der Waals surface area contributed by atoms with E-state index >= 15 is 0 Å². The molecule has 1 N–H and O–H groups in total. The summed E-state index contributed by atoms with van der Waals surface area (Å²) in [5.74, 6) is 0.766. The van der Waals surface area contributed by atoms with Crippen molar-refractivity contribution in [2.75, 3.05) is 0 Å². The molecule has 0 aliphatic heterocycles. The van der Waals surface area contributed by atoms with E-state index in [-0.39, 0.29) is 18.0 Å². The number of aromatic hydroxyl groups is 1. The molecule has 0 unspecified atom stereocenters. The summed E-state index contributed by atoms with van der Waals surface area (Å²) in [6, 6.07) is 11.2. The summed E-state index contributed by atoms with van der Waals surface area (Å²) in [4.78, 5) is 10.4. The van der Waals surface area contributed by atoms with Crippen molar-refractivity contribution in [1.82, 2.24) is 0 Å². The molecule has 5 heteroatoms. The first-order chi connectivity index (χ1) is 9.08. The van der Waals surface area contributed by atoms with Gasteiger partial charge in [-0.3, -0.25) is 10.1 Å². The first-order valence-electron chi connectivity index (χ1n) is 5.72. The van der Waals surface area contributed by atoms with Gasteiger partial charge in [0, 0.05) is 11.6 Å². The average molecular weight is 259 g/mol. The van der Waals surface area contributed by atoms with Gasteiger partial charge in [-0.05, 0) is 36.8 Å². The lowest BCUT2D eigenvalue weighted by atomic mass is 10.1. The van der Waals surface area contributed by atoms with Crippen molar-refractivity contribution < 1.29 is 14.8 Å². The zero-order valence-corrected chi connectivity index (χ0v) is 10.4. The molecule has 2 aromatic carbocycles. The Morgan fingerprint density at radius 1 is 1.21 bits per heavy atom. The summed E-state index contributed by atoms with van der Waals surface area (Å²) < 4.78 is 5.53. The largest absolute Gasteiger partial charge is 0.508 e. The summed E-state index contributed by atoms with van der Waals surface area (Å²) in [5.41, 5.74) is 1.46. The molecule has 0 aromatic heterocycles. The van der Waals surface area contributed by atoms with Gasteiger partial charge in [0.25, 0.3) is 5.69 Å². The van der Waals surface area contributed by atoms with Crippen molar-refractivity contribution in [3.63, 3.8) is 0 Å². The Kier molecular flexibility index (Phi) is 3.66. The van der Waals surface area contributed by atoms with Crippen molar-refractivity contribution in [2.24, 2.45) is 0 Å². The van der Waals surface area contributed by atoms with E-state index in [2.05, 4.69) is 0 Å². The van der Waals surface area contributed by atoms with Crippen molar-refractivity contribution in [3.8, 4) is 11.5 Å². The van der Waals surface area contributed by atoms with E-state index < -0.39 is 4.92 Å². The van der Waals surface area contributed by atoms with Crippen LogP contribution in [0, 0.1) is 17.0 Å². The second-order valence-electron chi connectivity index (χ2n) is 4.10. The summed E-state index contributed by atoms with van der Waals surface area (Å²) in [6.07, 6.45) is 0. The van der Waals surface area contributed by atoms with E-state index in [1.807, 2.05) is 0 Å². The zero-order valence-electron chi connectivity index (χ0n) is 10.4. The van der Waals surface area contributed by atoms with Gasteiger partial charge in [0.05, 0.1) is 4.92 Å². The Morgan fingerprint density at radius 3 is 2.53 bits per heavy atom. The number of nitro groups is 1. The van der Waals surface area contributed by atoms with Crippen molar-refractivity contribution in [2.45, 2.75) is 13.5 Å². The lowest BCUT2D eigenvalue weighted by Crippen LogP contribution is -2.00. The van der Waals surface area contributed by atoms with Crippen molar-refractivity contribution >= 4 is 5.69 Å². The fourth-order valence-electron chi connectivity index (χ4n) is 1.73. The van der Waals surface area contributed by atoms with Gasteiger partial charge in [0.1, 0.15) is 18.1 Å². The summed E-state index contributed by atoms with van der Waals surface area (Å²) in [6.45, 7) is 1.95. The molecule has 0 fully saturated rings. The van der Waals surface area contributed by atoms with Crippen LogP contribution >= 0.6 is 0 Å². The van der Waals surface area contributed by atoms with Gasteiger partial charge in [-0.25, -0.2) is 0 Å². The van der Waals surface area contributed by atoms with Crippen molar-refractivity contribution in [3.05, 3.63) is 63.7 Å². The maximum Gasteiger partial charge on any atom is 0.272 e. The van der Waals surface area contributed by atoms with E-state index in [0.717, 1.165) is 5.56 Å². The fraction of sp³-hybridized carbons (Fsp3) is 0.143. The van der Waals surface area contributed by atoms with E-state index in [1.54, 1.807) is 31.2 Å². The lowest BCUT2D eigenvalue weighted by Gasteiger charge is -2.09. The number of nitrogens with zero attached hydrogens (tertiary/aromatic N) is 1. The second kappa shape index (κ2) is 5.39. The molecule has 0 radical (unpaired) electrons. The molecular formula is C14H13NO4. The Balaban J connectivity index is 2.13. The molecule has 0 bridgehead atoms. The number of rotatable bonds is 4. The molecule has 2 rings (SSSR count). The molecule has 0 spiro atoms. The quantitative estimate of drug-likeness (QED) is 0.676. The molecule has 0 atom stereocenters.